The lowest BCUT2D eigenvalue weighted by atomic mass is 9.92. The summed E-state index contributed by atoms with van der Waals surface area (Å²) < 4.78 is 5.82. The summed E-state index contributed by atoms with van der Waals surface area (Å²) in [6.45, 7) is 0.137. The van der Waals surface area contributed by atoms with Crippen molar-refractivity contribution in [3.8, 4) is 5.75 Å². The molecule has 0 fully saturated rings. The molecule has 0 saturated carbocycles. The monoisotopic (exact) mass is 311 g/mol. The van der Waals surface area contributed by atoms with Crippen LogP contribution in [0.25, 0.3) is 0 Å². The lowest BCUT2D eigenvalue weighted by Crippen LogP contribution is -2.44. The predicted molar refractivity (Wildman–Crippen MR) is 90.1 cm³/mol. The van der Waals surface area contributed by atoms with Crippen LogP contribution in [-0.2, 0) is 4.79 Å². The van der Waals surface area contributed by atoms with Crippen LogP contribution >= 0.6 is 0 Å². The minimum atomic E-state index is -1.08. The SMILES string of the molecule is CN1C(=O)C(/C=C2/C=CCCC2)(COc2ccccc2)N=C1N. The van der Waals surface area contributed by atoms with Gasteiger partial charge in [-0.25, -0.2) is 4.99 Å². The summed E-state index contributed by atoms with van der Waals surface area (Å²) in [6.07, 6.45) is 9.19. The molecule has 23 heavy (non-hydrogen) atoms. The van der Waals surface area contributed by atoms with Gasteiger partial charge in [0.15, 0.2) is 11.5 Å². The Morgan fingerprint density at radius 2 is 2.17 bits per heavy atom. The van der Waals surface area contributed by atoms with E-state index < -0.39 is 5.54 Å². The van der Waals surface area contributed by atoms with Gasteiger partial charge in [-0.3, -0.25) is 9.69 Å². The van der Waals surface area contributed by atoms with E-state index in [9.17, 15) is 4.79 Å². The Hall–Kier alpha value is -2.56. The summed E-state index contributed by atoms with van der Waals surface area (Å²) in [5.41, 5.74) is 5.90. The van der Waals surface area contributed by atoms with Crippen LogP contribution in [0.2, 0.25) is 0 Å². The number of rotatable bonds is 4. The number of likely N-dealkylation sites (N-methyl/N-ethyl adjacent to an activating group) is 1. The van der Waals surface area contributed by atoms with Crippen molar-refractivity contribution in [2.45, 2.75) is 24.8 Å². The number of guanidine groups is 1. The Morgan fingerprint density at radius 1 is 1.39 bits per heavy atom. The number of nitrogens with zero attached hydrogens (tertiary/aromatic N) is 2. The van der Waals surface area contributed by atoms with Gasteiger partial charge in [-0.1, -0.05) is 30.4 Å². The fourth-order valence-corrected chi connectivity index (χ4v) is 2.83. The van der Waals surface area contributed by atoms with Crippen molar-refractivity contribution in [2.24, 2.45) is 10.7 Å². The van der Waals surface area contributed by atoms with Crippen LogP contribution in [0.5, 0.6) is 5.75 Å². The molecule has 1 aromatic carbocycles. The zero-order valence-electron chi connectivity index (χ0n) is 13.2. The van der Waals surface area contributed by atoms with Crippen molar-refractivity contribution in [3.05, 3.63) is 54.1 Å². The summed E-state index contributed by atoms with van der Waals surface area (Å²) in [5.74, 6) is 0.779. The second-order valence-corrected chi connectivity index (χ2v) is 5.87. The molecule has 1 heterocycles. The zero-order chi connectivity index (χ0) is 16.3. The van der Waals surface area contributed by atoms with E-state index in [0.717, 1.165) is 24.8 Å². The van der Waals surface area contributed by atoms with E-state index in [4.69, 9.17) is 10.5 Å². The van der Waals surface area contributed by atoms with Crippen molar-refractivity contribution in [1.29, 1.82) is 0 Å². The van der Waals surface area contributed by atoms with E-state index in [1.807, 2.05) is 36.4 Å². The number of hydrogen-bond donors (Lipinski definition) is 1. The first kappa shape index (κ1) is 15.3. The highest BCUT2D eigenvalue weighted by Crippen LogP contribution is 2.28. The minimum absolute atomic E-state index is 0.137. The standard InChI is InChI=1S/C18H21N3O2/c1-21-16(22)18(20-17(21)19,12-14-8-4-2-5-9-14)13-23-15-10-6-3-7-11-15/h3-4,6-8,10-12H,2,5,9,13H2,1H3,(H2,19,20)/b14-12-. The maximum Gasteiger partial charge on any atom is 0.264 e. The Labute approximate surface area is 136 Å². The fourth-order valence-electron chi connectivity index (χ4n) is 2.83. The minimum Gasteiger partial charge on any atom is -0.490 e. The second kappa shape index (κ2) is 6.28. The van der Waals surface area contributed by atoms with Crippen LogP contribution in [0.15, 0.2) is 59.1 Å². The van der Waals surface area contributed by atoms with Gasteiger partial charge in [0.25, 0.3) is 5.91 Å². The van der Waals surface area contributed by atoms with Crippen LogP contribution in [0, 0.1) is 0 Å². The molecular weight excluding hydrogens is 290 g/mol. The number of hydrogen-bond acceptors (Lipinski definition) is 4. The molecule has 1 amide bonds. The molecule has 0 bridgehead atoms. The van der Waals surface area contributed by atoms with E-state index in [0.29, 0.717) is 5.75 Å². The van der Waals surface area contributed by atoms with Gasteiger partial charge >= 0.3 is 0 Å². The van der Waals surface area contributed by atoms with E-state index in [1.54, 1.807) is 7.05 Å². The fraction of sp³-hybridized carbons (Fsp3) is 0.333. The zero-order valence-corrected chi connectivity index (χ0v) is 13.2. The van der Waals surface area contributed by atoms with E-state index in [2.05, 4.69) is 17.1 Å². The van der Waals surface area contributed by atoms with Crippen LogP contribution in [-0.4, -0.2) is 36.0 Å². The number of para-hydroxylation sites is 1. The van der Waals surface area contributed by atoms with Crippen LogP contribution in [0.1, 0.15) is 19.3 Å². The number of carbonyl (C=O) groups excluding carboxylic acids is 1. The third kappa shape index (κ3) is 3.13. The van der Waals surface area contributed by atoms with Crippen LogP contribution in [0.4, 0.5) is 0 Å². The number of aliphatic imine (C=N–C) groups is 1. The molecule has 1 unspecified atom stereocenters. The summed E-state index contributed by atoms with van der Waals surface area (Å²) in [4.78, 5) is 18.5. The van der Waals surface area contributed by atoms with Gasteiger partial charge in [0.1, 0.15) is 12.4 Å². The molecule has 1 aliphatic carbocycles. The van der Waals surface area contributed by atoms with Gasteiger partial charge < -0.3 is 10.5 Å². The highest BCUT2D eigenvalue weighted by Gasteiger charge is 2.46. The molecule has 1 aliphatic heterocycles. The molecule has 0 spiro atoms. The van der Waals surface area contributed by atoms with Crippen molar-refractivity contribution in [2.75, 3.05) is 13.7 Å². The Kier molecular flexibility index (Phi) is 4.19. The van der Waals surface area contributed by atoms with Crippen molar-refractivity contribution >= 4 is 11.9 Å². The maximum atomic E-state index is 12.7. The summed E-state index contributed by atoms with van der Waals surface area (Å²) in [6, 6.07) is 9.42. The molecule has 3 rings (SSSR count). The Bertz CT molecular complexity index is 679. The quantitative estimate of drug-likeness (QED) is 0.927. The van der Waals surface area contributed by atoms with Crippen molar-refractivity contribution in [3.63, 3.8) is 0 Å². The first-order chi connectivity index (χ1) is 11.1. The van der Waals surface area contributed by atoms with Gasteiger partial charge in [0, 0.05) is 7.05 Å². The van der Waals surface area contributed by atoms with E-state index >= 15 is 0 Å². The number of benzene rings is 1. The van der Waals surface area contributed by atoms with E-state index in [-0.39, 0.29) is 18.5 Å². The lowest BCUT2D eigenvalue weighted by Gasteiger charge is -2.23. The number of ether oxygens (including phenoxy) is 1. The first-order valence-corrected chi connectivity index (χ1v) is 7.80. The summed E-state index contributed by atoms with van der Waals surface area (Å²) in [7, 11) is 1.64. The molecule has 120 valence electrons. The molecule has 1 atom stereocenters. The maximum absolute atomic E-state index is 12.7. The van der Waals surface area contributed by atoms with Gasteiger partial charge in [0.05, 0.1) is 0 Å². The molecule has 2 N–H and O–H groups in total. The summed E-state index contributed by atoms with van der Waals surface area (Å²) >= 11 is 0. The van der Waals surface area contributed by atoms with Crippen LogP contribution < -0.4 is 10.5 Å². The highest BCUT2D eigenvalue weighted by molar-refractivity contribution is 6.07. The third-order valence-electron chi connectivity index (χ3n) is 4.13. The largest absolute Gasteiger partial charge is 0.490 e. The molecule has 0 radical (unpaired) electrons. The number of amides is 1. The second-order valence-electron chi connectivity index (χ2n) is 5.87. The molecular formula is C18H21N3O2. The predicted octanol–water partition coefficient (Wildman–Crippen LogP) is 2.26. The van der Waals surface area contributed by atoms with Gasteiger partial charge in [-0.15, -0.1) is 0 Å². The average Bonchev–Trinajstić information content (AvgIpc) is 2.79. The van der Waals surface area contributed by atoms with Crippen molar-refractivity contribution < 1.29 is 9.53 Å². The first-order valence-electron chi connectivity index (χ1n) is 7.80. The van der Waals surface area contributed by atoms with E-state index in [1.165, 1.54) is 4.90 Å². The average molecular weight is 311 g/mol. The molecule has 2 aliphatic rings. The number of nitrogens with two attached hydrogens (primary N) is 1. The van der Waals surface area contributed by atoms with Gasteiger partial charge in [0.2, 0.25) is 0 Å². The lowest BCUT2D eigenvalue weighted by molar-refractivity contribution is -0.129. The smallest absolute Gasteiger partial charge is 0.264 e. The number of allylic oxidation sites excluding steroid dienone is 3. The number of carbonyl (C=O) groups is 1. The Morgan fingerprint density at radius 3 is 2.78 bits per heavy atom. The van der Waals surface area contributed by atoms with Gasteiger partial charge in [-0.2, -0.15) is 0 Å². The molecule has 0 saturated heterocycles. The summed E-state index contributed by atoms with van der Waals surface area (Å²) in [5, 5.41) is 0. The normalized spacial score (nSPS) is 25.8. The van der Waals surface area contributed by atoms with Gasteiger partial charge in [-0.05, 0) is 43.0 Å². The Balaban J connectivity index is 1.89. The molecule has 5 heteroatoms. The molecule has 0 aromatic heterocycles. The van der Waals surface area contributed by atoms with Crippen LogP contribution in [0.3, 0.4) is 0 Å². The topological polar surface area (TPSA) is 67.9 Å². The third-order valence-corrected chi connectivity index (χ3v) is 4.13. The molecule has 5 nitrogen and oxygen atoms in total. The highest BCUT2D eigenvalue weighted by atomic mass is 16.5. The molecule has 1 aromatic rings. The van der Waals surface area contributed by atoms with Crippen molar-refractivity contribution in [1.82, 2.24) is 4.90 Å².